The third-order valence-corrected chi connectivity index (χ3v) is 23.7. The van der Waals surface area contributed by atoms with E-state index in [4.69, 9.17) is 58.7 Å². The number of hydrazone groups is 2. The van der Waals surface area contributed by atoms with Crippen LogP contribution in [-0.2, 0) is 45.5 Å². The van der Waals surface area contributed by atoms with Crippen LogP contribution in [0, 0.1) is 0 Å². The first-order valence-corrected chi connectivity index (χ1v) is 35.5. The molecule has 4 unspecified atom stereocenters. The zero-order valence-electron chi connectivity index (χ0n) is 43.2. The van der Waals surface area contributed by atoms with Gasteiger partial charge in [0.05, 0.1) is 34.0 Å². The average Bonchev–Trinajstić information content (AvgIpc) is 3.48. The molecule has 0 spiro atoms. The second kappa shape index (κ2) is 31.0. The highest BCUT2D eigenvalue weighted by Crippen LogP contribution is 2.63. The number of nitrogens with zero attached hydrogens (tertiary/aromatic N) is 9. The summed E-state index contributed by atoms with van der Waals surface area (Å²) in [6.07, 6.45) is 3.79. The van der Waals surface area contributed by atoms with Crippen LogP contribution < -0.4 is 34.4 Å². The molecule has 0 N–H and O–H groups in total. The molecule has 0 fully saturated rings. The highest BCUT2D eigenvalue weighted by atomic mass is 32.4. The predicted molar refractivity (Wildman–Crippen MR) is 322 cm³/mol. The number of azide groups is 1. The van der Waals surface area contributed by atoms with Crippen molar-refractivity contribution in [1.29, 1.82) is 0 Å². The van der Waals surface area contributed by atoms with Crippen LogP contribution in [-0.4, -0.2) is 102 Å². The molecule has 77 heavy (non-hydrogen) atoms. The molecule has 19 nitrogen and oxygen atoms in total. The second-order valence-corrected chi connectivity index (χ2v) is 32.3. The van der Waals surface area contributed by atoms with Crippen molar-refractivity contribution in [3.05, 3.63) is 185 Å². The maximum Gasteiger partial charge on any atom is 0.540 e. The molecule has 4 atom stereocenters. The molecular formula is C50H61N9O10P7S+. The summed E-state index contributed by atoms with van der Waals surface area (Å²) in [7, 11) is -0.600. The van der Waals surface area contributed by atoms with Crippen LogP contribution in [0.2, 0.25) is 0 Å². The topological polar surface area (TPSA) is 204 Å². The van der Waals surface area contributed by atoms with E-state index in [9.17, 15) is 9.13 Å². The lowest BCUT2D eigenvalue weighted by Crippen LogP contribution is -2.29. The number of benzene rings is 6. The van der Waals surface area contributed by atoms with Gasteiger partial charge in [-0.3, -0.25) is 28.3 Å². The van der Waals surface area contributed by atoms with E-state index in [1.807, 2.05) is 128 Å². The first-order chi connectivity index (χ1) is 37.2. The Morgan fingerprint density at radius 3 is 1.68 bits per heavy atom. The van der Waals surface area contributed by atoms with Gasteiger partial charge in [-0.25, -0.2) is 0 Å². The number of hydrogen-bond acceptors (Lipinski definition) is 17. The van der Waals surface area contributed by atoms with Gasteiger partial charge in [0.25, 0.3) is 0 Å². The van der Waals surface area contributed by atoms with E-state index in [0.717, 1.165) is 32.6 Å². The van der Waals surface area contributed by atoms with Crippen LogP contribution in [0.4, 0.5) is 0 Å². The van der Waals surface area contributed by atoms with E-state index >= 15 is 0 Å². The van der Waals surface area contributed by atoms with E-state index in [0.29, 0.717) is 36.0 Å². The fourth-order valence-corrected chi connectivity index (χ4v) is 15.8. The van der Waals surface area contributed by atoms with Crippen LogP contribution >= 0.6 is 54.2 Å². The van der Waals surface area contributed by atoms with E-state index < -0.39 is 36.8 Å². The molecule has 0 saturated carbocycles. The standard InChI is InChI=1S/C50H61N9O10P7S/c1-57(52-35-42-21-25-46(26-22-42)68-71-72(70)56-55-51)38-67-45-29-31-50(32-30-45)76(48-13-9-7-10-14-48,49-15-11-8-12-16-49)54-37-66-44-23-19-43(20-24-44)36-53-58(2)73(77)69-47-27-17-41(18-28-47)33-34-59(39-74(60,62-3)63-4)40-75(61,64-5)65-6/h7-32,35-36,71H,33-34,37-40,70H2,1-6H3/q+1. The van der Waals surface area contributed by atoms with E-state index in [2.05, 4.69) is 65.3 Å². The summed E-state index contributed by atoms with van der Waals surface area (Å²) in [5.41, 5.74) is 11.3. The summed E-state index contributed by atoms with van der Waals surface area (Å²) in [5.74, 6) is 2.60. The molecule has 0 heterocycles. The van der Waals surface area contributed by atoms with Gasteiger partial charge >= 0.3 is 22.3 Å². The van der Waals surface area contributed by atoms with Crippen molar-refractivity contribution in [3.63, 3.8) is 0 Å². The molecule has 0 bridgehead atoms. The van der Waals surface area contributed by atoms with Gasteiger partial charge in [0.15, 0.2) is 19.2 Å². The minimum atomic E-state index is -3.45. The minimum absolute atomic E-state index is 0.0561. The van der Waals surface area contributed by atoms with Crippen molar-refractivity contribution in [3.8, 4) is 23.0 Å². The summed E-state index contributed by atoms with van der Waals surface area (Å²) in [6.45, 7) is 0.683. The quantitative estimate of drug-likeness (QED) is 0.00756. The van der Waals surface area contributed by atoms with Gasteiger partial charge in [0.1, 0.15) is 38.3 Å². The third kappa shape index (κ3) is 18.9. The zero-order valence-corrected chi connectivity index (χ0v) is 50.7. The van der Waals surface area contributed by atoms with E-state index in [1.165, 1.54) is 28.4 Å². The molecule has 406 valence electrons. The lowest BCUT2D eigenvalue weighted by atomic mass is 10.1. The second-order valence-electron chi connectivity index (χ2n) is 16.3. The summed E-state index contributed by atoms with van der Waals surface area (Å²) in [5, 5.41) is 14.0. The normalized spacial score (nSPS) is 12.6. The molecule has 0 aromatic heterocycles. The Bertz CT molecular complexity index is 2990. The summed E-state index contributed by atoms with van der Waals surface area (Å²) in [4.78, 5) is 8.18. The molecular weight excluding hydrogens is 1140 g/mol. The van der Waals surface area contributed by atoms with E-state index in [1.54, 1.807) is 34.2 Å². The summed E-state index contributed by atoms with van der Waals surface area (Å²) < 4.78 is 77.7. The number of rotatable bonds is 31. The third-order valence-electron chi connectivity index (χ3n) is 11.2. The molecule has 6 rings (SSSR count). The monoisotopic (exact) mass is 1200 g/mol. The van der Waals surface area contributed by atoms with Crippen molar-refractivity contribution in [2.24, 2.45) is 19.8 Å². The van der Waals surface area contributed by atoms with Crippen LogP contribution in [0.3, 0.4) is 0 Å². The van der Waals surface area contributed by atoms with Gasteiger partial charge in [-0.1, -0.05) is 91.4 Å². The van der Waals surface area contributed by atoms with E-state index in [-0.39, 0.29) is 34.5 Å². The summed E-state index contributed by atoms with van der Waals surface area (Å²) >= 11 is 5.69. The lowest BCUT2D eigenvalue weighted by Gasteiger charge is -2.27. The van der Waals surface area contributed by atoms with Crippen molar-refractivity contribution in [2.75, 3.05) is 75.1 Å². The van der Waals surface area contributed by atoms with Crippen LogP contribution in [0.5, 0.6) is 23.0 Å². The first-order valence-electron chi connectivity index (χ1n) is 23.4. The Morgan fingerprint density at radius 1 is 0.662 bits per heavy atom. The Kier molecular flexibility index (Phi) is 24.7. The van der Waals surface area contributed by atoms with Crippen molar-refractivity contribution < 1.29 is 45.7 Å². The summed E-state index contributed by atoms with van der Waals surface area (Å²) in [6, 6.07) is 51.3. The smallest absolute Gasteiger partial charge is 0.472 e. The molecule has 0 aliphatic carbocycles. The predicted octanol–water partition coefficient (Wildman–Crippen LogP) is 12.7. The molecule has 6 aromatic carbocycles. The Morgan fingerprint density at radius 2 is 1.14 bits per heavy atom. The van der Waals surface area contributed by atoms with Crippen LogP contribution in [0.25, 0.3) is 10.4 Å². The zero-order chi connectivity index (χ0) is 55.1. The van der Waals surface area contributed by atoms with Crippen molar-refractivity contribution in [2.45, 2.75) is 6.42 Å². The molecule has 6 aromatic rings. The maximum absolute atomic E-state index is 12.9. The molecule has 0 saturated heterocycles. The van der Waals surface area contributed by atoms with Crippen LogP contribution in [0.15, 0.2) is 178 Å². The largest absolute Gasteiger partial charge is 0.540 e. The van der Waals surface area contributed by atoms with Crippen molar-refractivity contribution in [1.82, 2.24) is 14.7 Å². The molecule has 27 heteroatoms. The van der Waals surface area contributed by atoms with Gasteiger partial charge in [0.2, 0.25) is 11.8 Å². The fraction of sp³-hybridized carbons (Fsp3) is 0.240. The molecule has 0 aliphatic heterocycles. The Labute approximate surface area is 461 Å². The van der Waals surface area contributed by atoms with Gasteiger partial charge in [-0.05, 0) is 114 Å². The SMILES string of the molecule is COP(=O)(CN(CCc1ccc(O[P+](=S)N(C)N=Cc2ccc(OCN=P(c3ccccc3)(c3ccccc3)c3ccc(OCN(C)N=Cc4ccc(OPP(P)N=[N+]=[N-])cc4)cc3)cc2)cc1)CP(=O)(OC)OC)OC. The highest BCUT2D eigenvalue weighted by Gasteiger charge is 2.32. The number of hydrogen-bond donors (Lipinski definition) is 0. The van der Waals surface area contributed by atoms with Crippen LogP contribution in [0.1, 0.15) is 16.7 Å². The number of ether oxygens (including phenoxy) is 2. The minimum Gasteiger partial charge on any atom is -0.472 e. The van der Waals surface area contributed by atoms with Gasteiger partial charge in [0, 0.05) is 62.9 Å². The first kappa shape index (κ1) is 61.3. The van der Waals surface area contributed by atoms with Gasteiger partial charge < -0.3 is 32.1 Å². The fourth-order valence-electron chi connectivity index (χ4n) is 7.13. The lowest BCUT2D eigenvalue weighted by molar-refractivity contribution is 0.158. The Balaban J connectivity index is 1.06. The average molecular weight is 1200 g/mol. The van der Waals surface area contributed by atoms with Gasteiger partial charge in [-0.2, -0.15) is 5.10 Å². The maximum atomic E-state index is 12.9. The highest BCUT2D eigenvalue weighted by molar-refractivity contribution is 8.46. The Hall–Kier alpha value is -4.93. The van der Waals surface area contributed by atoms with Gasteiger partial charge in [-0.15, -0.1) is 5.10 Å². The molecule has 0 amide bonds. The molecule has 0 aliphatic rings. The molecule has 0 radical (unpaired) electrons. The van der Waals surface area contributed by atoms with Crippen molar-refractivity contribution >= 4 is 94.3 Å².